The normalized spacial score (nSPS) is 11.0. The molecule has 0 radical (unpaired) electrons. The first-order valence-electron chi connectivity index (χ1n) is 7.56. The maximum absolute atomic E-state index is 11.9. The summed E-state index contributed by atoms with van der Waals surface area (Å²) in [5.74, 6) is 0.415. The molecule has 0 spiro atoms. The van der Waals surface area contributed by atoms with E-state index in [2.05, 4.69) is 25.8 Å². The Morgan fingerprint density at radius 3 is 2.75 bits per heavy atom. The van der Waals surface area contributed by atoms with Crippen molar-refractivity contribution in [3.63, 3.8) is 0 Å². The number of anilines is 1. The molecule has 0 saturated heterocycles. The van der Waals surface area contributed by atoms with E-state index >= 15 is 0 Å². The SMILES string of the molecule is CC(C)(C)OC(=O)NCCC(=O)Nc1cccc(-c2ncn[nH]2)c1. The zero-order chi connectivity index (χ0) is 17.6. The first-order chi connectivity index (χ1) is 11.3. The summed E-state index contributed by atoms with van der Waals surface area (Å²) >= 11 is 0. The largest absolute Gasteiger partial charge is 0.444 e. The van der Waals surface area contributed by atoms with Crippen LogP contribution in [0.3, 0.4) is 0 Å². The number of aromatic amines is 1. The summed E-state index contributed by atoms with van der Waals surface area (Å²) in [5, 5.41) is 11.9. The molecule has 8 heteroatoms. The minimum absolute atomic E-state index is 0.145. The van der Waals surface area contributed by atoms with Crippen LogP contribution in [-0.2, 0) is 9.53 Å². The van der Waals surface area contributed by atoms with E-state index in [9.17, 15) is 9.59 Å². The Kier molecular flexibility index (Phi) is 5.51. The van der Waals surface area contributed by atoms with Crippen molar-refractivity contribution in [1.82, 2.24) is 20.5 Å². The average Bonchev–Trinajstić information content (AvgIpc) is 2.99. The lowest BCUT2D eigenvalue weighted by atomic mass is 10.2. The number of hydrogen-bond acceptors (Lipinski definition) is 5. The zero-order valence-electron chi connectivity index (χ0n) is 13.9. The Hall–Kier alpha value is -2.90. The maximum Gasteiger partial charge on any atom is 0.407 e. The van der Waals surface area contributed by atoms with Crippen molar-refractivity contribution in [2.24, 2.45) is 0 Å². The summed E-state index contributed by atoms with van der Waals surface area (Å²) in [7, 11) is 0. The van der Waals surface area contributed by atoms with Crippen molar-refractivity contribution in [3.05, 3.63) is 30.6 Å². The van der Waals surface area contributed by atoms with Crippen LogP contribution >= 0.6 is 0 Å². The Labute approximate surface area is 140 Å². The Balaban J connectivity index is 1.81. The molecule has 1 heterocycles. The molecule has 0 unspecified atom stereocenters. The number of benzene rings is 1. The highest BCUT2D eigenvalue weighted by molar-refractivity contribution is 5.91. The lowest BCUT2D eigenvalue weighted by Gasteiger charge is -2.19. The third-order valence-corrected chi connectivity index (χ3v) is 2.86. The number of nitrogens with one attached hydrogen (secondary N) is 3. The van der Waals surface area contributed by atoms with E-state index < -0.39 is 11.7 Å². The number of carbonyl (C=O) groups excluding carboxylic acids is 2. The van der Waals surface area contributed by atoms with Crippen LogP contribution in [0.15, 0.2) is 30.6 Å². The molecule has 0 fully saturated rings. The van der Waals surface area contributed by atoms with Gasteiger partial charge in [0, 0.05) is 24.2 Å². The van der Waals surface area contributed by atoms with Gasteiger partial charge in [0.15, 0.2) is 5.82 Å². The first kappa shape index (κ1) is 17.5. The highest BCUT2D eigenvalue weighted by Crippen LogP contribution is 2.18. The van der Waals surface area contributed by atoms with E-state index in [1.807, 2.05) is 12.1 Å². The lowest BCUT2D eigenvalue weighted by Crippen LogP contribution is -2.34. The number of alkyl carbamates (subject to hydrolysis) is 1. The van der Waals surface area contributed by atoms with Crippen molar-refractivity contribution in [3.8, 4) is 11.4 Å². The molecule has 24 heavy (non-hydrogen) atoms. The van der Waals surface area contributed by atoms with Gasteiger partial charge in [0.1, 0.15) is 11.9 Å². The van der Waals surface area contributed by atoms with Gasteiger partial charge in [-0.15, -0.1) is 0 Å². The summed E-state index contributed by atoms with van der Waals surface area (Å²) in [6.07, 6.45) is 1.02. The minimum atomic E-state index is -0.562. The monoisotopic (exact) mass is 331 g/mol. The van der Waals surface area contributed by atoms with Crippen molar-refractivity contribution in [2.45, 2.75) is 32.8 Å². The van der Waals surface area contributed by atoms with Gasteiger partial charge in [-0.3, -0.25) is 9.89 Å². The molecule has 2 amide bonds. The average molecular weight is 331 g/mol. The number of hydrogen-bond donors (Lipinski definition) is 3. The van der Waals surface area contributed by atoms with Crippen molar-refractivity contribution >= 4 is 17.7 Å². The molecule has 8 nitrogen and oxygen atoms in total. The Morgan fingerprint density at radius 1 is 1.29 bits per heavy atom. The molecular formula is C16H21N5O3. The molecule has 2 aromatic rings. The fraction of sp³-hybridized carbons (Fsp3) is 0.375. The predicted octanol–water partition coefficient (Wildman–Crippen LogP) is 2.33. The van der Waals surface area contributed by atoms with Crippen LogP contribution in [0.1, 0.15) is 27.2 Å². The second-order valence-corrected chi connectivity index (χ2v) is 6.14. The van der Waals surface area contributed by atoms with E-state index in [4.69, 9.17) is 4.74 Å². The van der Waals surface area contributed by atoms with E-state index in [1.54, 1.807) is 32.9 Å². The van der Waals surface area contributed by atoms with Gasteiger partial charge in [0.2, 0.25) is 5.91 Å². The summed E-state index contributed by atoms with van der Waals surface area (Å²) in [6, 6.07) is 7.24. The van der Waals surface area contributed by atoms with Crippen LogP contribution < -0.4 is 10.6 Å². The highest BCUT2D eigenvalue weighted by atomic mass is 16.6. The first-order valence-corrected chi connectivity index (χ1v) is 7.56. The number of H-pyrrole nitrogens is 1. The minimum Gasteiger partial charge on any atom is -0.444 e. The standard InChI is InChI=1S/C16H21N5O3/c1-16(2,3)24-15(23)17-8-7-13(22)20-12-6-4-5-11(9-12)14-18-10-19-21-14/h4-6,9-10H,7-8H2,1-3H3,(H,17,23)(H,20,22)(H,18,19,21). The van der Waals surface area contributed by atoms with Crippen molar-refractivity contribution in [2.75, 3.05) is 11.9 Å². The predicted molar refractivity (Wildman–Crippen MR) is 89.3 cm³/mol. The van der Waals surface area contributed by atoms with Crippen molar-refractivity contribution < 1.29 is 14.3 Å². The van der Waals surface area contributed by atoms with Gasteiger partial charge in [-0.2, -0.15) is 5.10 Å². The molecule has 128 valence electrons. The van der Waals surface area contributed by atoms with Gasteiger partial charge in [-0.1, -0.05) is 12.1 Å². The number of aromatic nitrogens is 3. The van der Waals surface area contributed by atoms with Gasteiger partial charge < -0.3 is 15.4 Å². The third kappa shape index (κ3) is 5.71. The van der Waals surface area contributed by atoms with Crippen LogP contribution in [0, 0.1) is 0 Å². The number of rotatable bonds is 5. The van der Waals surface area contributed by atoms with Crippen molar-refractivity contribution in [1.29, 1.82) is 0 Å². The smallest absolute Gasteiger partial charge is 0.407 e. The molecule has 3 N–H and O–H groups in total. The maximum atomic E-state index is 11.9. The molecule has 0 aliphatic heterocycles. The van der Waals surface area contributed by atoms with Crippen LogP contribution in [0.5, 0.6) is 0 Å². The van der Waals surface area contributed by atoms with Gasteiger partial charge in [-0.05, 0) is 32.9 Å². The van der Waals surface area contributed by atoms with E-state index in [0.29, 0.717) is 11.5 Å². The Morgan fingerprint density at radius 2 is 2.08 bits per heavy atom. The Bertz CT molecular complexity index is 692. The van der Waals surface area contributed by atoms with Gasteiger partial charge in [0.05, 0.1) is 0 Å². The van der Waals surface area contributed by atoms with E-state index in [0.717, 1.165) is 5.56 Å². The highest BCUT2D eigenvalue weighted by Gasteiger charge is 2.15. The van der Waals surface area contributed by atoms with Crippen LogP contribution in [0.25, 0.3) is 11.4 Å². The molecule has 1 aromatic heterocycles. The fourth-order valence-electron chi connectivity index (χ4n) is 1.90. The molecule has 0 atom stereocenters. The molecule has 0 bridgehead atoms. The molecule has 2 rings (SSSR count). The van der Waals surface area contributed by atoms with Gasteiger partial charge in [-0.25, -0.2) is 9.78 Å². The lowest BCUT2D eigenvalue weighted by molar-refractivity contribution is -0.116. The van der Waals surface area contributed by atoms with Crippen LogP contribution in [0.4, 0.5) is 10.5 Å². The second-order valence-electron chi connectivity index (χ2n) is 6.14. The second kappa shape index (κ2) is 7.58. The number of nitrogens with zero attached hydrogens (tertiary/aromatic N) is 2. The summed E-state index contributed by atoms with van der Waals surface area (Å²) in [5.41, 5.74) is 0.899. The quantitative estimate of drug-likeness (QED) is 0.779. The topological polar surface area (TPSA) is 109 Å². The van der Waals surface area contributed by atoms with Crippen LogP contribution in [-0.4, -0.2) is 39.3 Å². The summed E-state index contributed by atoms with van der Waals surface area (Å²) in [6.45, 7) is 5.53. The molecule has 0 saturated carbocycles. The number of amides is 2. The van der Waals surface area contributed by atoms with Crippen LogP contribution in [0.2, 0.25) is 0 Å². The number of ether oxygens (including phenoxy) is 1. The molecule has 1 aromatic carbocycles. The van der Waals surface area contributed by atoms with Gasteiger partial charge in [0.25, 0.3) is 0 Å². The molecular weight excluding hydrogens is 310 g/mol. The van der Waals surface area contributed by atoms with E-state index in [-0.39, 0.29) is 18.9 Å². The third-order valence-electron chi connectivity index (χ3n) is 2.86. The summed E-state index contributed by atoms with van der Waals surface area (Å²) in [4.78, 5) is 27.5. The molecule has 0 aliphatic rings. The zero-order valence-corrected chi connectivity index (χ0v) is 13.9. The molecule has 0 aliphatic carbocycles. The van der Waals surface area contributed by atoms with Gasteiger partial charge >= 0.3 is 6.09 Å². The number of carbonyl (C=O) groups is 2. The summed E-state index contributed by atoms with van der Waals surface area (Å²) < 4.78 is 5.10. The van der Waals surface area contributed by atoms with E-state index in [1.165, 1.54) is 6.33 Å². The fourth-order valence-corrected chi connectivity index (χ4v) is 1.90.